The van der Waals surface area contributed by atoms with E-state index in [9.17, 15) is 0 Å². The van der Waals surface area contributed by atoms with E-state index in [1.807, 2.05) is 6.07 Å². The Hall–Kier alpha value is -1.43. The largest absolute Gasteiger partial charge is 0.397 e. The van der Waals surface area contributed by atoms with Crippen molar-refractivity contribution < 1.29 is 0 Å². The first-order valence-corrected chi connectivity index (χ1v) is 7.92. The highest BCUT2D eigenvalue weighted by molar-refractivity contribution is 14.1. The lowest BCUT2D eigenvalue weighted by Gasteiger charge is -2.37. The third-order valence-corrected chi connectivity index (χ3v) is 4.40. The van der Waals surface area contributed by atoms with Gasteiger partial charge in [-0.25, -0.2) is 0 Å². The molecule has 1 fully saturated rings. The van der Waals surface area contributed by atoms with Crippen LogP contribution in [0, 0.1) is 3.57 Å². The lowest BCUT2D eigenvalue weighted by atomic mass is 10.2. The summed E-state index contributed by atoms with van der Waals surface area (Å²) in [6.45, 7) is 4.10. The average molecular weight is 379 g/mol. The number of para-hydroxylation sites is 1. The van der Waals surface area contributed by atoms with E-state index in [0.717, 1.165) is 37.6 Å². The minimum atomic E-state index is 0.880. The first-order chi connectivity index (χ1) is 9.74. The Kier molecular flexibility index (Phi) is 4.00. The molecule has 1 heterocycles. The second kappa shape index (κ2) is 5.91. The van der Waals surface area contributed by atoms with Crippen molar-refractivity contribution in [1.82, 2.24) is 0 Å². The van der Waals surface area contributed by atoms with Crippen LogP contribution in [0.4, 0.5) is 17.1 Å². The fourth-order valence-corrected chi connectivity index (χ4v) is 3.17. The van der Waals surface area contributed by atoms with E-state index in [4.69, 9.17) is 5.73 Å². The molecule has 0 saturated carbocycles. The van der Waals surface area contributed by atoms with E-state index in [1.54, 1.807) is 0 Å². The predicted octanol–water partition coefficient (Wildman–Crippen LogP) is 3.20. The maximum Gasteiger partial charge on any atom is 0.0601 e. The van der Waals surface area contributed by atoms with Crippen molar-refractivity contribution in [2.24, 2.45) is 0 Å². The standard InChI is InChI=1S/C16H18IN3/c17-13-6-7-16(15(18)12-13)20-10-8-19(9-11-20)14-4-2-1-3-5-14/h1-7,12H,8-11,18H2. The number of piperazine rings is 1. The lowest BCUT2D eigenvalue weighted by molar-refractivity contribution is 0.654. The van der Waals surface area contributed by atoms with E-state index in [2.05, 4.69) is 74.9 Å². The minimum absolute atomic E-state index is 0.880. The van der Waals surface area contributed by atoms with Crippen LogP contribution in [0.3, 0.4) is 0 Å². The van der Waals surface area contributed by atoms with Crippen molar-refractivity contribution in [3.63, 3.8) is 0 Å². The van der Waals surface area contributed by atoms with Gasteiger partial charge in [0.2, 0.25) is 0 Å². The van der Waals surface area contributed by atoms with Gasteiger partial charge in [-0.05, 0) is 52.9 Å². The van der Waals surface area contributed by atoms with E-state index in [-0.39, 0.29) is 0 Å². The van der Waals surface area contributed by atoms with Crippen molar-refractivity contribution in [3.8, 4) is 0 Å². The molecule has 2 aromatic carbocycles. The van der Waals surface area contributed by atoms with Crippen LogP contribution >= 0.6 is 22.6 Å². The molecule has 3 rings (SSSR count). The Morgan fingerprint density at radius 2 is 1.50 bits per heavy atom. The van der Waals surface area contributed by atoms with Gasteiger partial charge in [-0.1, -0.05) is 18.2 Å². The number of nitrogens with zero attached hydrogens (tertiary/aromatic N) is 2. The molecule has 1 saturated heterocycles. The molecule has 0 aliphatic carbocycles. The molecule has 20 heavy (non-hydrogen) atoms. The molecule has 104 valence electrons. The van der Waals surface area contributed by atoms with Gasteiger partial charge < -0.3 is 15.5 Å². The Bertz CT molecular complexity index is 578. The lowest BCUT2D eigenvalue weighted by Crippen LogP contribution is -2.46. The second-order valence-corrected chi connectivity index (χ2v) is 6.26. The van der Waals surface area contributed by atoms with Crippen molar-refractivity contribution in [2.75, 3.05) is 41.7 Å². The molecule has 0 atom stereocenters. The summed E-state index contributed by atoms with van der Waals surface area (Å²) in [5.41, 5.74) is 9.49. The Balaban J connectivity index is 1.69. The van der Waals surface area contributed by atoms with Gasteiger partial charge in [0.05, 0.1) is 11.4 Å². The number of nitrogen functional groups attached to an aromatic ring is 1. The number of anilines is 3. The summed E-state index contributed by atoms with van der Waals surface area (Å²) in [7, 11) is 0. The summed E-state index contributed by atoms with van der Waals surface area (Å²) in [5.74, 6) is 0. The number of rotatable bonds is 2. The summed E-state index contributed by atoms with van der Waals surface area (Å²) >= 11 is 2.30. The summed E-state index contributed by atoms with van der Waals surface area (Å²) in [4.78, 5) is 4.81. The summed E-state index contributed by atoms with van der Waals surface area (Å²) < 4.78 is 1.19. The van der Waals surface area contributed by atoms with Gasteiger partial charge in [0.25, 0.3) is 0 Å². The Labute approximate surface area is 133 Å². The zero-order chi connectivity index (χ0) is 13.9. The van der Waals surface area contributed by atoms with Gasteiger partial charge in [0.15, 0.2) is 0 Å². The normalized spacial score (nSPS) is 15.4. The monoisotopic (exact) mass is 379 g/mol. The molecule has 0 amide bonds. The SMILES string of the molecule is Nc1cc(I)ccc1N1CCN(c2ccccc2)CC1. The van der Waals surface area contributed by atoms with E-state index in [0.29, 0.717) is 0 Å². The fourth-order valence-electron chi connectivity index (χ4n) is 2.66. The molecule has 0 radical (unpaired) electrons. The number of halogens is 1. The van der Waals surface area contributed by atoms with Crippen molar-refractivity contribution in [1.29, 1.82) is 0 Å². The molecule has 0 aromatic heterocycles. The second-order valence-electron chi connectivity index (χ2n) is 5.01. The quantitative estimate of drug-likeness (QED) is 0.643. The highest BCUT2D eigenvalue weighted by Crippen LogP contribution is 2.27. The highest BCUT2D eigenvalue weighted by atomic mass is 127. The molecule has 1 aliphatic rings. The van der Waals surface area contributed by atoms with Gasteiger partial charge in [-0.15, -0.1) is 0 Å². The van der Waals surface area contributed by atoms with E-state index < -0.39 is 0 Å². The van der Waals surface area contributed by atoms with E-state index in [1.165, 1.54) is 9.26 Å². The summed E-state index contributed by atoms with van der Waals surface area (Å²) in [5, 5.41) is 0. The van der Waals surface area contributed by atoms with Crippen LogP contribution in [-0.2, 0) is 0 Å². The fraction of sp³-hybridized carbons (Fsp3) is 0.250. The molecule has 2 N–H and O–H groups in total. The van der Waals surface area contributed by atoms with Crippen LogP contribution < -0.4 is 15.5 Å². The first kappa shape index (κ1) is 13.5. The van der Waals surface area contributed by atoms with Crippen molar-refractivity contribution in [3.05, 3.63) is 52.1 Å². The smallest absolute Gasteiger partial charge is 0.0601 e. The van der Waals surface area contributed by atoms with Crippen LogP contribution in [0.25, 0.3) is 0 Å². The molecule has 0 bridgehead atoms. The van der Waals surface area contributed by atoms with Crippen LogP contribution in [0.2, 0.25) is 0 Å². The number of hydrogen-bond donors (Lipinski definition) is 1. The van der Waals surface area contributed by atoms with Gasteiger partial charge in [-0.3, -0.25) is 0 Å². The number of hydrogen-bond acceptors (Lipinski definition) is 3. The van der Waals surface area contributed by atoms with Crippen LogP contribution in [0.15, 0.2) is 48.5 Å². The van der Waals surface area contributed by atoms with Crippen LogP contribution in [0.5, 0.6) is 0 Å². The average Bonchev–Trinajstić information content (AvgIpc) is 2.48. The zero-order valence-corrected chi connectivity index (χ0v) is 13.5. The summed E-state index contributed by atoms with van der Waals surface area (Å²) in [6, 6.07) is 16.9. The van der Waals surface area contributed by atoms with Crippen molar-refractivity contribution >= 4 is 39.7 Å². The van der Waals surface area contributed by atoms with Gasteiger partial charge in [-0.2, -0.15) is 0 Å². The zero-order valence-electron chi connectivity index (χ0n) is 11.3. The molecule has 2 aromatic rings. The minimum Gasteiger partial charge on any atom is -0.397 e. The van der Waals surface area contributed by atoms with Gasteiger partial charge in [0.1, 0.15) is 0 Å². The van der Waals surface area contributed by atoms with Crippen molar-refractivity contribution in [2.45, 2.75) is 0 Å². The third kappa shape index (κ3) is 2.85. The van der Waals surface area contributed by atoms with Crippen LogP contribution in [0.1, 0.15) is 0 Å². The van der Waals surface area contributed by atoms with Gasteiger partial charge in [0, 0.05) is 35.4 Å². The first-order valence-electron chi connectivity index (χ1n) is 6.84. The Morgan fingerprint density at radius 3 is 2.15 bits per heavy atom. The maximum atomic E-state index is 6.14. The molecule has 4 heteroatoms. The molecule has 0 unspecified atom stereocenters. The number of benzene rings is 2. The molecule has 0 spiro atoms. The summed E-state index contributed by atoms with van der Waals surface area (Å²) in [6.07, 6.45) is 0. The van der Waals surface area contributed by atoms with Gasteiger partial charge >= 0.3 is 0 Å². The molecule has 3 nitrogen and oxygen atoms in total. The number of nitrogens with two attached hydrogens (primary N) is 1. The molecular weight excluding hydrogens is 361 g/mol. The highest BCUT2D eigenvalue weighted by Gasteiger charge is 2.18. The van der Waals surface area contributed by atoms with Crippen LogP contribution in [-0.4, -0.2) is 26.2 Å². The van der Waals surface area contributed by atoms with E-state index >= 15 is 0 Å². The molecular formula is C16H18IN3. The predicted molar refractivity (Wildman–Crippen MR) is 94.4 cm³/mol. The molecule has 1 aliphatic heterocycles. The topological polar surface area (TPSA) is 32.5 Å². The maximum absolute atomic E-state index is 6.14. The third-order valence-electron chi connectivity index (χ3n) is 3.73. The Morgan fingerprint density at radius 1 is 0.850 bits per heavy atom.